The Kier molecular flexibility index (Phi) is 4.88. The zero-order valence-electron chi connectivity index (χ0n) is 18.8. The van der Waals surface area contributed by atoms with Crippen LogP contribution in [0.3, 0.4) is 0 Å². The van der Waals surface area contributed by atoms with E-state index in [2.05, 4.69) is 10.3 Å². The molecule has 1 saturated heterocycles. The SMILES string of the molecule is COc1ccc2[nH]c3c(c2c1)CCN1C(=O)N([C@@H](C)C(=O)NCc2ccccc2)C(=O)[C@]31C. The molecule has 1 fully saturated rings. The van der Waals surface area contributed by atoms with Gasteiger partial charge in [-0.1, -0.05) is 30.3 Å². The molecule has 4 amide bonds. The van der Waals surface area contributed by atoms with Crippen LogP contribution in [0.1, 0.15) is 30.7 Å². The van der Waals surface area contributed by atoms with E-state index in [1.807, 2.05) is 48.5 Å². The minimum absolute atomic E-state index is 0.329. The maximum atomic E-state index is 13.7. The quantitative estimate of drug-likeness (QED) is 0.589. The summed E-state index contributed by atoms with van der Waals surface area (Å²) >= 11 is 0. The molecule has 2 aromatic carbocycles. The maximum Gasteiger partial charge on any atom is 0.328 e. The van der Waals surface area contributed by atoms with Crippen LogP contribution in [0.4, 0.5) is 4.79 Å². The number of carbonyl (C=O) groups excluding carboxylic acids is 3. The van der Waals surface area contributed by atoms with Crippen molar-refractivity contribution in [2.24, 2.45) is 0 Å². The molecule has 0 bridgehead atoms. The van der Waals surface area contributed by atoms with Gasteiger partial charge in [0.25, 0.3) is 5.91 Å². The van der Waals surface area contributed by atoms with Gasteiger partial charge in [0, 0.05) is 24.0 Å². The van der Waals surface area contributed by atoms with Crippen molar-refractivity contribution in [2.45, 2.75) is 38.4 Å². The van der Waals surface area contributed by atoms with Crippen molar-refractivity contribution in [1.82, 2.24) is 20.1 Å². The Hall–Kier alpha value is -3.81. The summed E-state index contributed by atoms with van der Waals surface area (Å²) in [6.07, 6.45) is 0.611. The molecule has 5 rings (SSSR count). The number of fused-ring (bicyclic) bond motifs is 5. The summed E-state index contributed by atoms with van der Waals surface area (Å²) in [5, 5.41) is 3.82. The predicted molar refractivity (Wildman–Crippen MR) is 123 cm³/mol. The molecule has 0 aliphatic carbocycles. The summed E-state index contributed by atoms with van der Waals surface area (Å²) in [6, 6.07) is 13.9. The first-order valence-electron chi connectivity index (χ1n) is 11.0. The van der Waals surface area contributed by atoms with E-state index in [4.69, 9.17) is 4.74 Å². The van der Waals surface area contributed by atoms with Gasteiger partial charge in [-0.2, -0.15) is 0 Å². The second-order valence-electron chi connectivity index (χ2n) is 8.70. The smallest absolute Gasteiger partial charge is 0.328 e. The summed E-state index contributed by atoms with van der Waals surface area (Å²) in [5.41, 5.74) is 2.35. The van der Waals surface area contributed by atoms with Crippen LogP contribution in [0.15, 0.2) is 48.5 Å². The van der Waals surface area contributed by atoms with Crippen LogP contribution in [0.2, 0.25) is 0 Å². The third-order valence-electron chi connectivity index (χ3n) is 6.87. The highest BCUT2D eigenvalue weighted by atomic mass is 16.5. The highest BCUT2D eigenvalue weighted by Gasteiger charge is 2.60. The van der Waals surface area contributed by atoms with E-state index in [0.717, 1.165) is 32.7 Å². The number of aromatic nitrogens is 1. The van der Waals surface area contributed by atoms with Crippen LogP contribution >= 0.6 is 0 Å². The summed E-state index contributed by atoms with van der Waals surface area (Å²) < 4.78 is 5.36. The van der Waals surface area contributed by atoms with Gasteiger partial charge in [0.15, 0.2) is 5.54 Å². The second-order valence-corrected chi connectivity index (χ2v) is 8.70. The minimum atomic E-state index is -1.19. The number of nitrogens with zero attached hydrogens (tertiary/aromatic N) is 2. The van der Waals surface area contributed by atoms with E-state index in [1.165, 1.54) is 0 Å². The number of nitrogens with one attached hydrogen (secondary N) is 2. The summed E-state index contributed by atoms with van der Waals surface area (Å²) in [4.78, 5) is 45.9. The van der Waals surface area contributed by atoms with Crippen molar-refractivity contribution in [3.8, 4) is 5.75 Å². The number of ether oxygens (including phenoxy) is 1. The maximum absolute atomic E-state index is 13.7. The normalized spacial score (nSPS) is 20.6. The molecule has 170 valence electrons. The lowest BCUT2D eigenvalue weighted by Gasteiger charge is -2.36. The number of H-pyrrole nitrogens is 1. The number of methoxy groups -OCH3 is 1. The Balaban J connectivity index is 1.45. The fourth-order valence-corrected chi connectivity index (χ4v) is 4.96. The van der Waals surface area contributed by atoms with Gasteiger partial charge in [-0.15, -0.1) is 0 Å². The molecule has 2 atom stereocenters. The molecule has 8 nitrogen and oxygen atoms in total. The Morgan fingerprint density at radius 2 is 1.97 bits per heavy atom. The fourth-order valence-electron chi connectivity index (χ4n) is 4.96. The number of urea groups is 1. The molecule has 2 N–H and O–H groups in total. The first-order valence-corrected chi connectivity index (χ1v) is 11.0. The lowest BCUT2D eigenvalue weighted by atomic mass is 9.87. The number of hydrogen-bond donors (Lipinski definition) is 2. The van der Waals surface area contributed by atoms with Crippen LogP contribution < -0.4 is 10.1 Å². The Bertz CT molecular complexity index is 1270. The fraction of sp³-hybridized carbons (Fsp3) is 0.320. The van der Waals surface area contributed by atoms with E-state index in [9.17, 15) is 14.4 Å². The Labute approximate surface area is 191 Å². The third-order valence-corrected chi connectivity index (χ3v) is 6.87. The molecular weight excluding hydrogens is 420 g/mol. The zero-order valence-corrected chi connectivity index (χ0v) is 18.8. The topological polar surface area (TPSA) is 94.7 Å². The number of benzene rings is 2. The summed E-state index contributed by atoms with van der Waals surface area (Å²) in [5.74, 6) is -0.0315. The summed E-state index contributed by atoms with van der Waals surface area (Å²) in [7, 11) is 1.62. The van der Waals surface area contributed by atoms with E-state index >= 15 is 0 Å². The molecule has 1 aromatic heterocycles. The largest absolute Gasteiger partial charge is 0.497 e. The first kappa shape index (κ1) is 21.1. The number of aromatic amines is 1. The van der Waals surface area contributed by atoms with Gasteiger partial charge in [0.2, 0.25) is 5.91 Å². The lowest BCUT2D eigenvalue weighted by Crippen LogP contribution is -2.49. The van der Waals surface area contributed by atoms with Crippen molar-refractivity contribution >= 4 is 28.7 Å². The van der Waals surface area contributed by atoms with Gasteiger partial charge in [0.05, 0.1) is 12.8 Å². The average molecular weight is 447 g/mol. The van der Waals surface area contributed by atoms with Crippen molar-refractivity contribution in [3.63, 3.8) is 0 Å². The Morgan fingerprint density at radius 3 is 2.70 bits per heavy atom. The van der Waals surface area contributed by atoms with Gasteiger partial charge in [-0.25, -0.2) is 9.69 Å². The molecule has 2 aliphatic rings. The third kappa shape index (κ3) is 3.08. The van der Waals surface area contributed by atoms with E-state index < -0.39 is 23.5 Å². The molecule has 8 heteroatoms. The molecule has 2 aliphatic heterocycles. The number of hydrogen-bond acceptors (Lipinski definition) is 4. The molecule has 0 unspecified atom stereocenters. The van der Waals surface area contributed by atoms with Crippen molar-refractivity contribution in [2.75, 3.05) is 13.7 Å². The summed E-state index contributed by atoms with van der Waals surface area (Å²) in [6.45, 7) is 4.07. The molecule has 33 heavy (non-hydrogen) atoms. The zero-order chi connectivity index (χ0) is 23.3. The number of rotatable bonds is 5. The van der Waals surface area contributed by atoms with Gasteiger partial charge >= 0.3 is 6.03 Å². The molecule has 3 aromatic rings. The molecular formula is C25H26N4O4. The van der Waals surface area contributed by atoms with E-state index in [0.29, 0.717) is 25.2 Å². The van der Waals surface area contributed by atoms with E-state index in [-0.39, 0.29) is 5.91 Å². The second kappa shape index (κ2) is 7.65. The van der Waals surface area contributed by atoms with Crippen molar-refractivity contribution in [3.05, 3.63) is 65.4 Å². The van der Waals surface area contributed by atoms with Crippen LogP contribution in [0.5, 0.6) is 5.75 Å². The van der Waals surface area contributed by atoms with Crippen LogP contribution in [0.25, 0.3) is 10.9 Å². The molecule has 0 radical (unpaired) electrons. The Morgan fingerprint density at radius 1 is 1.21 bits per heavy atom. The predicted octanol–water partition coefficient (Wildman–Crippen LogP) is 2.92. The first-order chi connectivity index (χ1) is 15.9. The van der Waals surface area contributed by atoms with E-state index in [1.54, 1.807) is 25.9 Å². The van der Waals surface area contributed by atoms with Gasteiger partial charge < -0.3 is 19.9 Å². The molecule has 3 heterocycles. The number of carbonyl (C=O) groups is 3. The van der Waals surface area contributed by atoms with Gasteiger partial charge in [-0.05, 0) is 49.6 Å². The monoisotopic (exact) mass is 446 g/mol. The minimum Gasteiger partial charge on any atom is -0.497 e. The molecule has 0 saturated carbocycles. The highest BCUT2D eigenvalue weighted by Crippen LogP contribution is 2.45. The standard InChI is InChI=1S/C25H26N4O4/c1-15(22(30)26-14-16-7-5-4-6-8-16)29-23(31)25(2)21-18(11-12-28(25)24(29)32)19-13-17(33-3)9-10-20(19)27-21/h4-10,13,15,27H,11-12,14H2,1-3H3,(H,26,30)/t15-,25-/m0/s1. The number of amides is 4. The van der Waals surface area contributed by atoms with Crippen molar-refractivity contribution in [1.29, 1.82) is 0 Å². The van der Waals surface area contributed by atoms with Crippen LogP contribution in [0, 0.1) is 0 Å². The van der Waals surface area contributed by atoms with Crippen LogP contribution in [-0.2, 0) is 28.1 Å². The van der Waals surface area contributed by atoms with Gasteiger partial charge in [0.1, 0.15) is 11.8 Å². The van der Waals surface area contributed by atoms with Gasteiger partial charge in [-0.3, -0.25) is 9.59 Å². The number of imide groups is 1. The van der Waals surface area contributed by atoms with Crippen molar-refractivity contribution < 1.29 is 19.1 Å². The average Bonchev–Trinajstić information content (AvgIpc) is 3.30. The highest BCUT2D eigenvalue weighted by molar-refractivity contribution is 6.11. The lowest BCUT2D eigenvalue weighted by molar-refractivity contribution is -0.139. The van der Waals surface area contributed by atoms with Crippen LogP contribution in [-0.4, -0.2) is 52.3 Å². The molecule has 0 spiro atoms.